The van der Waals surface area contributed by atoms with Crippen LogP contribution in [0.15, 0.2) is 109 Å². The second-order valence-corrected chi connectivity index (χ2v) is 8.22. The molecule has 0 atom stereocenters. The van der Waals surface area contributed by atoms with E-state index in [2.05, 4.69) is 34.5 Å². The van der Waals surface area contributed by atoms with Gasteiger partial charge >= 0.3 is 5.97 Å². The Morgan fingerprint density at radius 3 is 2.09 bits per heavy atom. The van der Waals surface area contributed by atoms with Gasteiger partial charge in [-0.15, -0.1) is 10.2 Å². The Bertz CT molecular complexity index is 1430. The summed E-state index contributed by atoms with van der Waals surface area (Å²) in [4.78, 5) is 11.7. The van der Waals surface area contributed by atoms with Crippen LogP contribution in [0.1, 0.15) is 33.2 Å². The van der Waals surface area contributed by atoms with Crippen molar-refractivity contribution in [2.24, 2.45) is 0 Å². The third-order valence-corrected chi connectivity index (χ3v) is 5.95. The molecular weight excluding hydrogens is 441 g/mol. The molecule has 5 aromatic rings. The predicted molar refractivity (Wildman–Crippen MR) is 132 cm³/mol. The van der Waals surface area contributed by atoms with Crippen LogP contribution >= 0.6 is 0 Å². The van der Waals surface area contributed by atoms with Crippen molar-refractivity contribution in [2.75, 3.05) is 0 Å². The molecule has 6 heteroatoms. The van der Waals surface area contributed by atoms with Gasteiger partial charge in [-0.1, -0.05) is 78.9 Å². The van der Waals surface area contributed by atoms with E-state index in [0.29, 0.717) is 29.3 Å². The van der Waals surface area contributed by atoms with E-state index < -0.39 is 5.97 Å². The SMILES string of the molecule is O=C(O)c1cccc(-n2c(CC(c3ccccc3)c3ccccc3)nnc2-c2cccc(F)c2)c1. The normalized spacial score (nSPS) is 11.0. The summed E-state index contributed by atoms with van der Waals surface area (Å²) in [5.41, 5.74) is 3.55. The third kappa shape index (κ3) is 4.73. The second-order valence-electron chi connectivity index (χ2n) is 8.22. The Morgan fingerprint density at radius 1 is 0.800 bits per heavy atom. The topological polar surface area (TPSA) is 68.0 Å². The summed E-state index contributed by atoms with van der Waals surface area (Å²) in [5.74, 6) is -0.334. The molecule has 0 bridgehead atoms. The highest BCUT2D eigenvalue weighted by atomic mass is 19.1. The molecule has 0 aliphatic rings. The summed E-state index contributed by atoms with van der Waals surface area (Å²) in [6, 6.07) is 33.1. The Kier molecular flexibility index (Phi) is 6.18. The molecule has 0 fully saturated rings. The molecule has 0 aliphatic carbocycles. The Balaban J connectivity index is 1.67. The molecule has 0 aliphatic heterocycles. The summed E-state index contributed by atoms with van der Waals surface area (Å²) in [5, 5.41) is 18.5. The highest BCUT2D eigenvalue weighted by molar-refractivity contribution is 5.88. The maximum atomic E-state index is 14.1. The van der Waals surface area contributed by atoms with E-state index in [1.807, 2.05) is 47.0 Å². The number of aromatic carboxylic acids is 1. The summed E-state index contributed by atoms with van der Waals surface area (Å²) in [6.45, 7) is 0. The number of benzene rings is 4. The molecule has 0 spiro atoms. The van der Waals surface area contributed by atoms with Gasteiger partial charge in [0, 0.05) is 23.6 Å². The summed E-state index contributed by atoms with van der Waals surface area (Å²) in [7, 11) is 0. The molecule has 0 radical (unpaired) electrons. The van der Waals surface area contributed by atoms with Crippen LogP contribution in [0.25, 0.3) is 17.1 Å². The van der Waals surface area contributed by atoms with Gasteiger partial charge in [-0.3, -0.25) is 4.57 Å². The first-order chi connectivity index (χ1) is 17.1. The minimum Gasteiger partial charge on any atom is -0.478 e. The number of carboxylic acid groups (broad SMARTS) is 1. The first kappa shape index (κ1) is 22.2. The number of nitrogens with zero attached hydrogens (tertiary/aromatic N) is 3. The standard InChI is InChI=1S/C29H22FN3O2/c30-24-15-7-13-22(17-24)28-32-31-27(33(28)25-16-8-14-23(18-25)29(34)35)19-26(20-9-3-1-4-10-20)21-11-5-2-6-12-21/h1-18,26H,19H2,(H,34,35). The van der Waals surface area contributed by atoms with Crippen molar-refractivity contribution in [3.8, 4) is 17.1 Å². The first-order valence-electron chi connectivity index (χ1n) is 11.2. The van der Waals surface area contributed by atoms with Gasteiger partial charge < -0.3 is 5.11 Å². The number of carbonyl (C=O) groups is 1. The monoisotopic (exact) mass is 463 g/mol. The van der Waals surface area contributed by atoms with E-state index in [0.717, 1.165) is 11.1 Å². The van der Waals surface area contributed by atoms with Crippen LogP contribution in [0.3, 0.4) is 0 Å². The highest BCUT2D eigenvalue weighted by Crippen LogP contribution is 2.31. The minimum absolute atomic E-state index is 0.0108. The fraction of sp³-hybridized carbons (Fsp3) is 0.0690. The van der Waals surface area contributed by atoms with Crippen molar-refractivity contribution in [3.63, 3.8) is 0 Å². The van der Waals surface area contributed by atoms with Crippen LogP contribution in [0, 0.1) is 5.82 Å². The average molecular weight is 464 g/mol. The summed E-state index contributed by atoms with van der Waals surface area (Å²) in [6.07, 6.45) is 0.508. The maximum Gasteiger partial charge on any atom is 0.335 e. The zero-order chi connectivity index (χ0) is 24.2. The maximum absolute atomic E-state index is 14.1. The summed E-state index contributed by atoms with van der Waals surface area (Å²) < 4.78 is 15.9. The number of hydrogen-bond acceptors (Lipinski definition) is 3. The molecule has 0 saturated heterocycles. The zero-order valence-corrected chi connectivity index (χ0v) is 18.8. The van der Waals surface area contributed by atoms with Crippen LogP contribution < -0.4 is 0 Å². The van der Waals surface area contributed by atoms with E-state index in [-0.39, 0.29) is 17.3 Å². The molecule has 0 saturated carbocycles. The van der Waals surface area contributed by atoms with Crippen LogP contribution in [0.4, 0.5) is 4.39 Å². The lowest BCUT2D eigenvalue weighted by molar-refractivity contribution is 0.0697. The van der Waals surface area contributed by atoms with Gasteiger partial charge in [0.2, 0.25) is 0 Å². The van der Waals surface area contributed by atoms with E-state index in [9.17, 15) is 14.3 Å². The third-order valence-electron chi connectivity index (χ3n) is 5.95. The number of aromatic nitrogens is 3. The molecule has 5 rings (SSSR count). The van der Waals surface area contributed by atoms with Crippen molar-refractivity contribution in [2.45, 2.75) is 12.3 Å². The van der Waals surface area contributed by atoms with Crippen LogP contribution in [0.2, 0.25) is 0 Å². The highest BCUT2D eigenvalue weighted by Gasteiger charge is 2.22. The molecule has 5 nitrogen and oxygen atoms in total. The molecule has 35 heavy (non-hydrogen) atoms. The number of hydrogen-bond donors (Lipinski definition) is 1. The lowest BCUT2D eigenvalue weighted by Crippen LogP contribution is -2.11. The number of rotatable bonds is 7. The van der Waals surface area contributed by atoms with E-state index in [4.69, 9.17) is 0 Å². The van der Waals surface area contributed by atoms with E-state index >= 15 is 0 Å². The van der Waals surface area contributed by atoms with Crippen molar-refractivity contribution >= 4 is 5.97 Å². The van der Waals surface area contributed by atoms with Crippen molar-refractivity contribution in [1.29, 1.82) is 0 Å². The van der Waals surface area contributed by atoms with E-state index in [1.54, 1.807) is 24.3 Å². The fourth-order valence-electron chi connectivity index (χ4n) is 4.29. The zero-order valence-electron chi connectivity index (χ0n) is 18.8. The average Bonchev–Trinajstić information content (AvgIpc) is 3.32. The fourth-order valence-corrected chi connectivity index (χ4v) is 4.29. The molecule has 172 valence electrons. The van der Waals surface area contributed by atoms with Crippen molar-refractivity contribution in [3.05, 3.63) is 138 Å². The molecule has 4 aromatic carbocycles. The van der Waals surface area contributed by atoms with Gasteiger partial charge in [0.25, 0.3) is 0 Å². The van der Waals surface area contributed by atoms with Crippen molar-refractivity contribution < 1.29 is 14.3 Å². The lowest BCUT2D eigenvalue weighted by Gasteiger charge is -2.19. The molecule has 1 heterocycles. The quantitative estimate of drug-likeness (QED) is 0.315. The minimum atomic E-state index is -1.03. The van der Waals surface area contributed by atoms with Gasteiger partial charge in [-0.2, -0.15) is 0 Å². The lowest BCUT2D eigenvalue weighted by atomic mass is 9.88. The summed E-state index contributed by atoms with van der Waals surface area (Å²) >= 11 is 0. The van der Waals surface area contributed by atoms with Crippen LogP contribution in [0.5, 0.6) is 0 Å². The number of halogens is 1. The van der Waals surface area contributed by atoms with E-state index in [1.165, 1.54) is 18.2 Å². The Morgan fingerprint density at radius 2 is 1.46 bits per heavy atom. The molecule has 1 aromatic heterocycles. The number of carboxylic acids is 1. The van der Waals surface area contributed by atoms with Crippen LogP contribution in [-0.4, -0.2) is 25.8 Å². The molecule has 0 amide bonds. The Labute approximate surface area is 202 Å². The van der Waals surface area contributed by atoms with Crippen molar-refractivity contribution in [1.82, 2.24) is 14.8 Å². The first-order valence-corrected chi connectivity index (χ1v) is 11.2. The molecule has 1 N–H and O–H groups in total. The smallest absolute Gasteiger partial charge is 0.335 e. The van der Waals surface area contributed by atoms with Gasteiger partial charge in [0.15, 0.2) is 5.82 Å². The van der Waals surface area contributed by atoms with Gasteiger partial charge in [0.1, 0.15) is 11.6 Å². The van der Waals surface area contributed by atoms with Crippen LogP contribution in [-0.2, 0) is 6.42 Å². The van der Waals surface area contributed by atoms with Gasteiger partial charge in [-0.25, -0.2) is 9.18 Å². The Hall–Kier alpha value is -4.58. The van der Waals surface area contributed by atoms with Gasteiger partial charge in [-0.05, 0) is 41.5 Å². The molecular formula is C29H22FN3O2. The largest absolute Gasteiger partial charge is 0.478 e. The molecule has 0 unspecified atom stereocenters. The van der Waals surface area contributed by atoms with Gasteiger partial charge in [0.05, 0.1) is 5.56 Å². The predicted octanol–water partition coefficient (Wildman–Crippen LogP) is 6.15. The second kappa shape index (κ2) is 9.73.